The maximum atomic E-state index is 12.3. The second kappa shape index (κ2) is 3.52. The Morgan fingerprint density at radius 1 is 1.33 bits per heavy atom. The summed E-state index contributed by atoms with van der Waals surface area (Å²) in [6.07, 6.45) is -2.47. The fraction of sp³-hybridized carbons (Fsp3) is 0.333. The fourth-order valence-electron chi connectivity index (χ4n) is 1.02. The first-order valence-electron chi connectivity index (χ1n) is 3.58. The molecule has 66 valence electrons. The van der Waals surface area contributed by atoms with Crippen molar-refractivity contribution in [3.8, 4) is 5.75 Å². The molecule has 0 spiro atoms. The third kappa shape index (κ3) is 1.72. The van der Waals surface area contributed by atoms with Gasteiger partial charge in [0, 0.05) is 0 Å². The molecular formula is C9H10F2O. The van der Waals surface area contributed by atoms with Gasteiger partial charge in [0.05, 0.1) is 12.7 Å². The minimum absolute atomic E-state index is 0.0440. The van der Waals surface area contributed by atoms with Crippen LogP contribution in [0.1, 0.15) is 17.6 Å². The molecule has 0 aromatic heterocycles. The molecule has 0 saturated heterocycles. The average molecular weight is 172 g/mol. The maximum Gasteiger partial charge on any atom is 0.267 e. The molecule has 0 amide bonds. The highest BCUT2D eigenvalue weighted by Crippen LogP contribution is 2.29. The summed E-state index contributed by atoms with van der Waals surface area (Å²) in [6, 6.07) is 4.73. The van der Waals surface area contributed by atoms with E-state index in [1.807, 2.05) is 0 Å². The summed E-state index contributed by atoms with van der Waals surface area (Å²) in [4.78, 5) is 0. The lowest BCUT2D eigenvalue weighted by molar-refractivity contribution is 0.147. The van der Waals surface area contributed by atoms with Gasteiger partial charge in [0.1, 0.15) is 5.75 Å². The van der Waals surface area contributed by atoms with Crippen LogP contribution < -0.4 is 4.74 Å². The van der Waals surface area contributed by atoms with Crippen molar-refractivity contribution < 1.29 is 13.5 Å². The van der Waals surface area contributed by atoms with Crippen LogP contribution >= 0.6 is 0 Å². The van der Waals surface area contributed by atoms with E-state index in [4.69, 9.17) is 4.74 Å². The summed E-state index contributed by atoms with van der Waals surface area (Å²) in [5, 5.41) is 0. The molecular weight excluding hydrogens is 162 g/mol. The topological polar surface area (TPSA) is 9.23 Å². The minimum Gasteiger partial charge on any atom is -0.496 e. The Kier molecular flexibility index (Phi) is 2.63. The standard InChI is InChI=1S/C9H10F2O/c1-6-3-4-8(12-2)7(5-6)9(10)11/h3-5,9H,1-2H3. The minimum atomic E-state index is -2.47. The first kappa shape index (κ1) is 8.97. The van der Waals surface area contributed by atoms with Crippen LogP contribution in [-0.4, -0.2) is 7.11 Å². The second-order valence-electron chi connectivity index (χ2n) is 2.55. The number of alkyl halides is 2. The van der Waals surface area contributed by atoms with E-state index in [1.54, 1.807) is 19.1 Å². The van der Waals surface area contributed by atoms with E-state index in [2.05, 4.69) is 0 Å². The van der Waals surface area contributed by atoms with Crippen molar-refractivity contribution in [2.75, 3.05) is 7.11 Å². The SMILES string of the molecule is COc1ccc(C)cc1C(F)F. The highest BCUT2D eigenvalue weighted by atomic mass is 19.3. The van der Waals surface area contributed by atoms with Crippen molar-refractivity contribution in [1.29, 1.82) is 0 Å². The van der Waals surface area contributed by atoms with E-state index >= 15 is 0 Å². The van der Waals surface area contributed by atoms with Crippen molar-refractivity contribution in [2.24, 2.45) is 0 Å². The Balaban J connectivity index is 3.12. The predicted molar refractivity (Wildman–Crippen MR) is 42.7 cm³/mol. The number of ether oxygens (including phenoxy) is 1. The van der Waals surface area contributed by atoms with E-state index in [0.29, 0.717) is 0 Å². The zero-order chi connectivity index (χ0) is 9.14. The zero-order valence-corrected chi connectivity index (χ0v) is 6.97. The lowest BCUT2D eigenvalue weighted by atomic mass is 10.1. The average Bonchev–Trinajstić information content (AvgIpc) is 2.04. The first-order valence-corrected chi connectivity index (χ1v) is 3.58. The van der Waals surface area contributed by atoms with Gasteiger partial charge in [-0.15, -0.1) is 0 Å². The molecule has 1 aromatic carbocycles. The Morgan fingerprint density at radius 2 is 2.00 bits per heavy atom. The molecule has 0 heterocycles. The van der Waals surface area contributed by atoms with Crippen LogP contribution in [0.25, 0.3) is 0 Å². The van der Waals surface area contributed by atoms with Gasteiger partial charge in [-0.3, -0.25) is 0 Å². The molecule has 0 bridgehead atoms. The van der Waals surface area contributed by atoms with Gasteiger partial charge < -0.3 is 4.74 Å². The molecule has 0 aliphatic heterocycles. The summed E-state index contributed by atoms with van der Waals surface area (Å²) in [5.41, 5.74) is 0.767. The Bertz CT molecular complexity index is 271. The van der Waals surface area contributed by atoms with E-state index in [0.717, 1.165) is 5.56 Å². The molecule has 0 N–H and O–H groups in total. The van der Waals surface area contributed by atoms with Crippen LogP contribution in [0.2, 0.25) is 0 Å². The Hall–Kier alpha value is -1.12. The highest BCUT2D eigenvalue weighted by molar-refractivity contribution is 5.37. The van der Waals surface area contributed by atoms with Gasteiger partial charge in [-0.2, -0.15) is 0 Å². The van der Waals surface area contributed by atoms with Crippen LogP contribution in [0.4, 0.5) is 8.78 Å². The fourth-order valence-corrected chi connectivity index (χ4v) is 1.02. The number of methoxy groups -OCH3 is 1. The largest absolute Gasteiger partial charge is 0.496 e. The smallest absolute Gasteiger partial charge is 0.267 e. The normalized spacial score (nSPS) is 10.4. The van der Waals surface area contributed by atoms with E-state index in [9.17, 15) is 8.78 Å². The predicted octanol–water partition coefficient (Wildman–Crippen LogP) is 2.94. The molecule has 0 radical (unpaired) electrons. The molecule has 0 unspecified atom stereocenters. The number of hydrogen-bond acceptors (Lipinski definition) is 1. The third-order valence-corrected chi connectivity index (χ3v) is 1.62. The molecule has 0 aliphatic carbocycles. The molecule has 1 nitrogen and oxygen atoms in total. The van der Waals surface area contributed by atoms with Gasteiger partial charge in [0.2, 0.25) is 0 Å². The van der Waals surface area contributed by atoms with Crippen molar-refractivity contribution in [2.45, 2.75) is 13.3 Å². The molecule has 0 saturated carbocycles. The quantitative estimate of drug-likeness (QED) is 0.666. The Morgan fingerprint density at radius 3 is 2.50 bits per heavy atom. The number of rotatable bonds is 2. The summed E-state index contributed by atoms with van der Waals surface area (Å²) in [7, 11) is 1.39. The molecule has 1 aromatic rings. The number of benzene rings is 1. The van der Waals surface area contributed by atoms with Crippen LogP contribution in [0.15, 0.2) is 18.2 Å². The maximum absolute atomic E-state index is 12.3. The van der Waals surface area contributed by atoms with Crippen molar-refractivity contribution in [3.63, 3.8) is 0 Å². The first-order chi connectivity index (χ1) is 5.65. The monoisotopic (exact) mass is 172 g/mol. The van der Waals surface area contributed by atoms with Gasteiger partial charge in [-0.25, -0.2) is 8.78 Å². The van der Waals surface area contributed by atoms with Crippen molar-refractivity contribution in [1.82, 2.24) is 0 Å². The van der Waals surface area contributed by atoms with Crippen LogP contribution in [0.3, 0.4) is 0 Å². The zero-order valence-electron chi connectivity index (χ0n) is 6.97. The molecule has 0 fully saturated rings. The van der Waals surface area contributed by atoms with Crippen LogP contribution in [0, 0.1) is 6.92 Å². The molecule has 12 heavy (non-hydrogen) atoms. The second-order valence-corrected chi connectivity index (χ2v) is 2.55. The molecule has 0 aliphatic rings. The van der Waals surface area contributed by atoms with E-state index < -0.39 is 6.43 Å². The number of halogens is 2. The van der Waals surface area contributed by atoms with Gasteiger partial charge in [-0.05, 0) is 19.1 Å². The third-order valence-electron chi connectivity index (χ3n) is 1.62. The highest BCUT2D eigenvalue weighted by Gasteiger charge is 2.12. The number of aryl methyl sites for hydroxylation is 1. The lowest BCUT2D eigenvalue weighted by Crippen LogP contribution is -1.92. The summed E-state index contributed by atoms with van der Waals surface area (Å²) < 4.78 is 29.4. The van der Waals surface area contributed by atoms with E-state index in [1.165, 1.54) is 13.2 Å². The van der Waals surface area contributed by atoms with Gasteiger partial charge in [0.15, 0.2) is 0 Å². The summed E-state index contributed by atoms with van der Waals surface area (Å²) in [5.74, 6) is 0.246. The van der Waals surface area contributed by atoms with Crippen LogP contribution in [-0.2, 0) is 0 Å². The Labute approximate surface area is 70.0 Å². The van der Waals surface area contributed by atoms with Crippen LogP contribution in [0.5, 0.6) is 5.75 Å². The van der Waals surface area contributed by atoms with Crippen molar-refractivity contribution >= 4 is 0 Å². The molecule has 3 heteroatoms. The summed E-state index contributed by atoms with van der Waals surface area (Å²) in [6.45, 7) is 1.77. The van der Waals surface area contributed by atoms with Gasteiger partial charge in [-0.1, -0.05) is 11.6 Å². The van der Waals surface area contributed by atoms with E-state index in [-0.39, 0.29) is 11.3 Å². The lowest BCUT2D eigenvalue weighted by Gasteiger charge is -2.07. The van der Waals surface area contributed by atoms with Crippen molar-refractivity contribution in [3.05, 3.63) is 29.3 Å². The summed E-state index contributed by atoms with van der Waals surface area (Å²) >= 11 is 0. The number of hydrogen-bond donors (Lipinski definition) is 0. The van der Waals surface area contributed by atoms with Gasteiger partial charge in [0.25, 0.3) is 6.43 Å². The molecule has 0 atom stereocenters. The van der Waals surface area contributed by atoms with Gasteiger partial charge >= 0.3 is 0 Å². The molecule has 1 rings (SSSR count).